The van der Waals surface area contributed by atoms with Crippen LogP contribution in [0.4, 0.5) is 11.5 Å². The van der Waals surface area contributed by atoms with Gasteiger partial charge in [0.1, 0.15) is 12.4 Å². The van der Waals surface area contributed by atoms with Crippen LogP contribution < -0.4 is 21.9 Å². The molecular weight excluding hydrogens is 392 g/mol. The number of anilines is 2. The molecule has 0 radical (unpaired) electrons. The van der Waals surface area contributed by atoms with Gasteiger partial charge in [-0.2, -0.15) is 0 Å². The molecule has 164 valence electrons. The maximum absolute atomic E-state index is 12.8. The number of nitrogens with zero attached hydrogens (tertiary/aromatic N) is 2. The SMILES string of the molecule is COCCCN(C(=O)COCCOC)c1c(N)n(Cc2ccccc2)c(=O)[nH]c1=O. The molecule has 10 nitrogen and oxygen atoms in total. The van der Waals surface area contributed by atoms with Crippen LogP contribution in [0.25, 0.3) is 0 Å². The number of methoxy groups -OCH3 is 2. The van der Waals surface area contributed by atoms with Gasteiger partial charge in [0.25, 0.3) is 11.5 Å². The van der Waals surface area contributed by atoms with Gasteiger partial charge >= 0.3 is 5.69 Å². The lowest BCUT2D eigenvalue weighted by atomic mass is 10.2. The highest BCUT2D eigenvalue weighted by molar-refractivity contribution is 5.96. The number of aromatic amines is 1. The Morgan fingerprint density at radius 2 is 1.80 bits per heavy atom. The molecule has 0 aliphatic carbocycles. The maximum atomic E-state index is 12.8. The molecule has 0 saturated carbocycles. The van der Waals surface area contributed by atoms with Crippen LogP contribution in [0.1, 0.15) is 12.0 Å². The zero-order chi connectivity index (χ0) is 21.9. The predicted octanol–water partition coefficient (Wildman–Crippen LogP) is 0.200. The number of benzene rings is 1. The van der Waals surface area contributed by atoms with Crippen LogP contribution in [0, 0.1) is 0 Å². The lowest BCUT2D eigenvalue weighted by Gasteiger charge is -2.24. The van der Waals surface area contributed by atoms with E-state index in [1.54, 1.807) is 7.11 Å². The topological polar surface area (TPSA) is 129 Å². The van der Waals surface area contributed by atoms with Crippen molar-refractivity contribution in [2.24, 2.45) is 0 Å². The van der Waals surface area contributed by atoms with E-state index in [9.17, 15) is 14.4 Å². The minimum absolute atomic E-state index is 0.0815. The summed E-state index contributed by atoms with van der Waals surface area (Å²) in [4.78, 5) is 41.2. The molecule has 0 bridgehead atoms. The lowest BCUT2D eigenvalue weighted by Crippen LogP contribution is -2.43. The van der Waals surface area contributed by atoms with Crippen LogP contribution in [-0.2, 0) is 25.5 Å². The zero-order valence-electron chi connectivity index (χ0n) is 17.3. The molecule has 0 fully saturated rings. The normalized spacial score (nSPS) is 10.9. The largest absolute Gasteiger partial charge is 0.385 e. The van der Waals surface area contributed by atoms with Gasteiger partial charge in [0, 0.05) is 27.4 Å². The first-order valence-electron chi connectivity index (χ1n) is 9.52. The molecule has 10 heteroatoms. The fourth-order valence-electron chi connectivity index (χ4n) is 2.87. The second kappa shape index (κ2) is 11.9. The molecule has 0 unspecified atom stereocenters. The number of nitrogens with one attached hydrogen (secondary N) is 1. The van der Waals surface area contributed by atoms with Gasteiger partial charge in [-0.3, -0.25) is 19.1 Å². The van der Waals surface area contributed by atoms with Gasteiger partial charge in [0.2, 0.25) is 0 Å². The Morgan fingerprint density at radius 1 is 1.10 bits per heavy atom. The van der Waals surface area contributed by atoms with E-state index in [1.807, 2.05) is 30.3 Å². The molecule has 1 amide bonds. The van der Waals surface area contributed by atoms with Gasteiger partial charge in [-0.25, -0.2) is 4.79 Å². The van der Waals surface area contributed by atoms with E-state index < -0.39 is 17.2 Å². The van der Waals surface area contributed by atoms with Gasteiger partial charge < -0.3 is 24.8 Å². The average Bonchev–Trinajstić information content (AvgIpc) is 2.73. The molecule has 1 aromatic heterocycles. The number of hydrogen-bond donors (Lipinski definition) is 2. The average molecular weight is 420 g/mol. The number of hydrogen-bond acceptors (Lipinski definition) is 7. The van der Waals surface area contributed by atoms with Gasteiger partial charge in [0.15, 0.2) is 5.69 Å². The molecule has 0 saturated heterocycles. The number of carbonyl (C=O) groups excluding carboxylic acids is 1. The van der Waals surface area contributed by atoms with E-state index in [0.717, 1.165) is 5.56 Å². The standard InChI is InChI=1S/C20H28N4O6/c1-28-10-6-9-23(16(25)14-30-12-11-29-2)17-18(21)24(20(27)22-19(17)26)13-15-7-4-3-5-8-15/h3-5,7-8H,6,9-14,21H2,1-2H3,(H,22,26,27). The molecule has 2 rings (SSSR count). The van der Waals surface area contributed by atoms with Crippen molar-refractivity contribution in [2.75, 3.05) is 57.8 Å². The smallest absolute Gasteiger partial charge is 0.330 e. The summed E-state index contributed by atoms with van der Waals surface area (Å²) in [6.45, 7) is 1.02. The Balaban J connectivity index is 2.38. The van der Waals surface area contributed by atoms with E-state index in [4.69, 9.17) is 19.9 Å². The third-order valence-electron chi connectivity index (χ3n) is 4.36. The molecule has 3 N–H and O–H groups in total. The molecule has 1 heterocycles. The van der Waals surface area contributed by atoms with E-state index in [0.29, 0.717) is 19.6 Å². The van der Waals surface area contributed by atoms with Crippen LogP contribution in [0.2, 0.25) is 0 Å². The second-order valence-corrected chi connectivity index (χ2v) is 6.50. The monoisotopic (exact) mass is 420 g/mol. The molecule has 2 aromatic rings. The molecule has 0 aliphatic heterocycles. The first-order valence-corrected chi connectivity index (χ1v) is 9.52. The lowest BCUT2D eigenvalue weighted by molar-refractivity contribution is -0.123. The summed E-state index contributed by atoms with van der Waals surface area (Å²) in [7, 11) is 3.07. The number of amides is 1. The van der Waals surface area contributed by atoms with Crippen molar-refractivity contribution in [3.8, 4) is 0 Å². The molecule has 0 aliphatic rings. The van der Waals surface area contributed by atoms with E-state index in [-0.39, 0.29) is 37.8 Å². The number of rotatable bonds is 12. The first-order chi connectivity index (χ1) is 14.5. The molecular formula is C20H28N4O6. The summed E-state index contributed by atoms with van der Waals surface area (Å²) in [5.41, 5.74) is 5.57. The van der Waals surface area contributed by atoms with Crippen molar-refractivity contribution in [2.45, 2.75) is 13.0 Å². The van der Waals surface area contributed by atoms with Crippen molar-refractivity contribution in [1.29, 1.82) is 0 Å². The third kappa shape index (κ3) is 6.28. The summed E-state index contributed by atoms with van der Waals surface area (Å²) < 4.78 is 16.5. The number of nitrogen functional groups attached to an aromatic ring is 1. The van der Waals surface area contributed by atoms with Crippen molar-refractivity contribution in [1.82, 2.24) is 9.55 Å². The molecule has 0 spiro atoms. The highest BCUT2D eigenvalue weighted by Gasteiger charge is 2.24. The second-order valence-electron chi connectivity index (χ2n) is 6.50. The number of ether oxygens (including phenoxy) is 3. The number of nitrogens with two attached hydrogens (primary N) is 1. The Bertz CT molecular complexity index is 925. The van der Waals surface area contributed by atoms with Crippen LogP contribution in [-0.4, -0.2) is 62.7 Å². The van der Waals surface area contributed by atoms with Gasteiger partial charge in [-0.05, 0) is 12.0 Å². The van der Waals surface area contributed by atoms with E-state index in [1.165, 1.54) is 16.6 Å². The minimum atomic E-state index is -0.732. The number of carbonyl (C=O) groups is 1. The fraction of sp³-hybridized carbons (Fsp3) is 0.450. The zero-order valence-corrected chi connectivity index (χ0v) is 17.3. The van der Waals surface area contributed by atoms with Gasteiger partial charge in [-0.1, -0.05) is 30.3 Å². The van der Waals surface area contributed by atoms with Crippen molar-refractivity contribution in [3.63, 3.8) is 0 Å². The Hall–Kier alpha value is -2.95. The van der Waals surface area contributed by atoms with Crippen LogP contribution >= 0.6 is 0 Å². The Kier molecular flexibility index (Phi) is 9.26. The molecule has 30 heavy (non-hydrogen) atoms. The molecule has 0 atom stereocenters. The number of H-pyrrole nitrogens is 1. The number of aromatic nitrogens is 2. The van der Waals surface area contributed by atoms with Crippen LogP contribution in [0.5, 0.6) is 0 Å². The molecule has 1 aromatic carbocycles. The minimum Gasteiger partial charge on any atom is -0.385 e. The van der Waals surface area contributed by atoms with E-state index >= 15 is 0 Å². The summed E-state index contributed by atoms with van der Waals surface area (Å²) in [6, 6.07) is 9.19. The highest BCUT2D eigenvalue weighted by Crippen LogP contribution is 2.18. The summed E-state index contributed by atoms with van der Waals surface area (Å²) in [6.07, 6.45) is 0.469. The summed E-state index contributed by atoms with van der Waals surface area (Å²) in [5, 5.41) is 0. The summed E-state index contributed by atoms with van der Waals surface area (Å²) >= 11 is 0. The van der Waals surface area contributed by atoms with Gasteiger partial charge in [0.05, 0.1) is 19.8 Å². The van der Waals surface area contributed by atoms with Crippen molar-refractivity contribution >= 4 is 17.4 Å². The van der Waals surface area contributed by atoms with E-state index in [2.05, 4.69) is 4.98 Å². The predicted molar refractivity (Wildman–Crippen MR) is 113 cm³/mol. The third-order valence-corrected chi connectivity index (χ3v) is 4.36. The van der Waals surface area contributed by atoms with Crippen LogP contribution in [0.15, 0.2) is 39.9 Å². The fourth-order valence-corrected chi connectivity index (χ4v) is 2.87. The quantitative estimate of drug-likeness (QED) is 0.469. The highest BCUT2D eigenvalue weighted by atomic mass is 16.5. The Morgan fingerprint density at radius 3 is 2.47 bits per heavy atom. The summed E-state index contributed by atoms with van der Waals surface area (Å²) in [5.74, 6) is -0.542. The first kappa shape index (κ1) is 23.3. The van der Waals surface area contributed by atoms with Crippen molar-refractivity contribution in [3.05, 3.63) is 56.7 Å². The van der Waals surface area contributed by atoms with Crippen LogP contribution in [0.3, 0.4) is 0 Å². The maximum Gasteiger partial charge on any atom is 0.330 e. The van der Waals surface area contributed by atoms with Crippen molar-refractivity contribution < 1.29 is 19.0 Å². The van der Waals surface area contributed by atoms with Gasteiger partial charge in [-0.15, -0.1) is 0 Å². The Labute approximate surface area is 174 Å².